The van der Waals surface area contributed by atoms with Crippen molar-refractivity contribution in [2.45, 2.75) is 122 Å². The Morgan fingerprint density at radius 1 is 0.742 bits per heavy atom. The second-order valence-corrected chi connectivity index (χ2v) is 25.0. The fourth-order valence-electron chi connectivity index (χ4n) is 14.6. The van der Waals surface area contributed by atoms with Gasteiger partial charge in [-0.1, -0.05) is 119 Å². The van der Waals surface area contributed by atoms with Crippen molar-refractivity contribution in [3.8, 4) is 28.2 Å². The molecule has 2 aliphatic heterocycles. The van der Waals surface area contributed by atoms with Crippen molar-refractivity contribution >= 4 is 52.3 Å². The molecule has 4 aliphatic carbocycles. The van der Waals surface area contributed by atoms with E-state index >= 15 is 4.79 Å². The van der Waals surface area contributed by atoms with Crippen LogP contribution in [-0.4, -0.2) is 104 Å². The Hall–Kier alpha value is -9.10. The Bertz CT molecular complexity index is 4030. The van der Waals surface area contributed by atoms with Crippen molar-refractivity contribution in [1.82, 2.24) is 5.32 Å². The lowest BCUT2D eigenvalue weighted by molar-refractivity contribution is -0.359. The van der Waals surface area contributed by atoms with Crippen LogP contribution in [0, 0.1) is 28.6 Å². The summed E-state index contributed by atoms with van der Waals surface area (Å²) in [5, 5.41) is 40.0. The smallest absolute Gasteiger partial charge is 0.338 e. The fraction of sp³-hybridized carbons (Fsp3) is 0.352. The third-order valence-electron chi connectivity index (χ3n) is 19.4. The van der Waals surface area contributed by atoms with Gasteiger partial charge in [-0.2, -0.15) is 0 Å². The largest absolute Gasteiger partial charge is 0.508 e. The number of hydrogen-bond donors (Lipinski definition) is 4. The van der Waals surface area contributed by atoms with Gasteiger partial charge in [-0.05, 0) is 91.6 Å². The first-order valence-electron chi connectivity index (χ1n) is 29.6. The highest BCUT2D eigenvalue weighted by Gasteiger charge is 2.81. The molecule has 6 unspecified atom stereocenters. The summed E-state index contributed by atoms with van der Waals surface area (Å²) in [7, 11) is 0. The average Bonchev–Trinajstić information content (AvgIpc) is 0.667. The van der Waals surface area contributed by atoms with Crippen LogP contribution < -0.4 is 10.7 Å². The summed E-state index contributed by atoms with van der Waals surface area (Å²) in [5.74, 6) is -9.10. The second kappa shape index (κ2) is 23.1. The quantitative estimate of drug-likeness (QED) is 0.0244. The van der Waals surface area contributed by atoms with Crippen molar-refractivity contribution in [2.24, 2.45) is 28.6 Å². The molecule has 0 radical (unpaired) electrons. The number of hydrogen-bond acceptors (Lipinski definition) is 17. The Morgan fingerprint density at radius 3 is 2.01 bits per heavy atom. The normalized spacial score (nSPS) is 27.0. The maximum Gasteiger partial charge on any atom is 0.338 e. The summed E-state index contributed by atoms with van der Waals surface area (Å²) in [5.41, 5.74) is -6.17. The number of ether oxygens (including phenoxy) is 5. The number of ketones is 2. The minimum Gasteiger partial charge on any atom is -0.508 e. The van der Waals surface area contributed by atoms with Gasteiger partial charge in [0.15, 0.2) is 22.9 Å². The van der Waals surface area contributed by atoms with Crippen molar-refractivity contribution in [2.75, 3.05) is 6.61 Å². The molecule has 0 aromatic heterocycles. The first-order valence-corrected chi connectivity index (χ1v) is 29.6. The van der Waals surface area contributed by atoms with Crippen molar-refractivity contribution < 1.29 is 77.0 Å². The molecule has 89 heavy (non-hydrogen) atoms. The highest BCUT2D eigenvalue weighted by molar-refractivity contribution is 6.04. The number of rotatable bonds is 15. The predicted molar refractivity (Wildman–Crippen MR) is 324 cm³/mol. The van der Waals surface area contributed by atoms with Crippen LogP contribution in [-0.2, 0) is 42.9 Å². The molecule has 18 nitrogen and oxygen atoms in total. The van der Waals surface area contributed by atoms with E-state index in [9.17, 15) is 48.9 Å². The number of phenolic OH excluding ortho intramolecular Hbond substituents is 1. The molecule has 18 heteroatoms. The van der Waals surface area contributed by atoms with E-state index < -0.39 is 124 Å². The molecule has 5 aromatic carbocycles. The van der Waals surface area contributed by atoms with Crippen LogP contribution in [0.1, 0.15) is 117 Å². The zero-order valence-corrected chi connectivity index (χ0v) is 50.4. The average molecular weight is 1210 g/mol. The predicted octanol–water partition coefficient (Wildman–Crippen LogP) is 9.87. The lowest BCUT2D eigenvalue weighted by atomic mass is 9.41. The number of Topliss-reactive ketones (excluding diaryl/α,β-unsaturated/α-hetero) is 2. The number of amides is 1. The number of aliphatic hydroxyl groups excluding tert-OH is 1. The maximum atomic E-state index is 16.5. The second-order valence-electron chi connectivity index (χ2n) is 25.0. The first-order chi connectivity index (χ1) is 42.2. The number of nitrogens with one attached hydrogen (secondary N) is 1. The molecule has 460 valence electrons. The van der Waals surface area contributed by atoms with E-state index in [0.717, 1.165) is 0 Å². The van der Waals surface area contributed by atoms with E-state index in [2.05, 4.69) is 5.32 Å². The summed E-state index contributed by atoms with van der Waals surface area (Å²) in [6.07, 6.45) is -7.61. The number of carbonyl (C=O) groups excluding carboxylic acids is 7. The van der Waals surface area contributed by atoms with Gasteiger partial charge in [0, 0.05) is 77.3 Å². The highest BCUT2D eigenvalue weighted by atomic mass is 16.6. The van der Waals surface area contributed by atoms with E-state index in [-0.39, 0.29) is 52.9 Å². The van der Waals surface area contributed by atoms with Gasteiger partial charge in [0.25, 0.3) is 5.91 Å². The van der Waals surface area contributed by atoms with E-state index in [4.69, 9.17) is 28.1 Å². The molecule has 11 rings (SSSR count). The summed E-state index contributed by atoms with van der Waals surface area (Å²) >= 11 is 0. The van der Waals surface area contributed by atoms with Crippen LogP contribution in [0.5, 0.6) is 5.75 Å². The van der Waals surface area contributed by atoms with E-state index in [1.54, 1.807) is 157 Å². The number of carbonyl (C=O) groups is 7. The molecular weight excluding hydrogens is 1140 g/mol. The number of esters is 4. The van der Waals surface area contributed by atoms with Crippen molar-refractivity contribution in [3.63, 3.8) is 0 Å². The van der Waals surface area contributed by atoms with Crippen molar-refractivity contribution in [3.05, 3.63) is 195 Å². The molecule has 5 aromatic rings. The molecule has 1 amide bonds. The summed E-state index contributed by atoms with van der Waals surface area (Å²) < 4.78 is 38.3. The fourth-order valence-corrected chi connectivity index (χ4v) is 14.6. The summed E-state index contributed by atoms with van der Waals surface area (Å²) in [4.78, 5) is 115. The Labute approximate surface area is 513 Å². The summed E-state index contributed by atoms with van der Waals surface area (Å²) in [6.45, 7) is 12.1. The zero-order valence-electron chi connectivity index (χ0n) is 50.4. The summed E-state index contributed by atoms with van der Waals surface area (Å²) in [6, 6.07) is 38.9. The number of aliphatic hydroxyl groups is 2. The molecule has 6 aliphatic rings. The third kappa shape index (κ3) is 10.5. The van der Waals surface area contributed by atoms with Gasteiger partial charge in [-0.25, -0.2) is 9.59 Å². The van der Waals surface area contributed by atoms with Crippen LogP contribution in [0.3, 0.4) is 0 Å². The lowest BCUT2D eigenvalue weighted by Gasteiger charge is -2.70. The third-order valence-corrected chi connectivity index (χ3v) is 19.4. The molecule has 4 N–H and O–H groups in total. The first kappa shape index (κ1) is 61.5. The Morgan fingerprint density at radius 2 is 1.38 bits per heavy atom. The van der Waals surface area contributed by atoms with Crippen LogP contribution in [0.4, 0.5) is 0 Å². The van der Waals surface area contributed by atoms with E-state index in [1.807, 2.05) is 0 Å². The molecule has 2 bridgehead atoms. The van der Waals surface area contributed by atoms with Gasteiger partial charge in [0.05, 0.1) is 35.5 Å². The number of fused-ring (bicyclic) bond motifs is 7. The Balaban J connectivity index is 0.955. The van der Waals surface area contributed by atoms with Gasteiger partial charge in [0.1, 0.15) is 52.4 Å². The molecule has 12 atom stereocenters. The molecule has 2 saturated carbocycles. The minimum atomic E-state index is -2.38. The van der Waals surface area contributed by atoms with E-state index in [1.165, 1.54) is 50.2 Å². The monoisotopic (exact) mass is 1210 g/mol. The number of phenols is 1. The zero-order chi connectivity index (χ0) is 63.7. The van der Waals surface area contributed by atoms with Gasteiger partial charge in [-0.15, -0.1) is 0 Å². The molecule has 1 saturated heterocycles. The van der Waals surface area contributed by atoms with Gasteiger partial charge >= 0.3 is 23.9 Å². The van der Waals surface area contributed by atoms with Gasteiger partial charge < -0.3 is 48.7 Å². The lowest BCUT2D eigenvalue weighted by Crippen LogP contribution is -2.83. The number of aromatic hydroxyl groups is 1. The minimum absolute atomic E-state index is 0.0368. The van der Waals surface area contributed by atoms with Crippen LogP contribution in [0.15, 0.2) is 172 Å². The number of benzene rings is 6. The SMILES string of the molecule is CC(=O)O[C@@]12CO[C@@H]1CC(C)(OC(=O)C(C)CC(=O)c1ccc(-c3c4ccc(=O)cc-4oc4cc(O)ccc34)cc1)[C@@]1(C)C(=O)[C@H](C)C3=C(C)C(OC(=O)C(O)C(NC(=O)c4ccccc4)c4ccccc4)CC(O)([C@@H](OC(=O)c4ccccc4)[C@H]21)C3(C)C. The van der Waals surface area contributed by atoms with Crippen LogP contribution >= 0.6 is 0 Å². The van der Waals surface area contributed by atoms with Crippen LogP contribution in [0.25, 0.3) is 33.4 Å². The highest BCUT2D eigenvalue weighted by Crippen LogP contribution is 2.68. The Kier molecular flexibility index (Phi) is 16.0. The molecular formula is C71H69NO17. The molecule has 3 fully saturated rings. The standard InChI is InChI=1S/C71H69NO17/c1-38(32-51(76)42-24-26-43(27-25-42)56-49-30-28-47(74)33-52(49)85-53-34-48(75)29-31-50(53)56)64(80)89-68(7)36-55-70(37-84-55,88-41(4)73)60-62(87-65(81)46-22-16-11-17-23-46)71(83)35-54(39(2)57(67(71,5)6)40(3)61(78)69(60,68)8)86-66(82)59(77)58(44-18-12-9-13-19-44)72-63(79)45-20-14-10-15-21-45/h9-31,33-34,38,40,54-55,58-60,62,74,77,83H,32,35-37H2,1-8H3,(H,72,79)/t38?,40-,54?,55-,58?,59?,60+,62+,68?,69-,70+,71?/m1/s1. The van der Waals surface area contributed by atoms with E-state index in [0.29, 0.717) is 44.6 Å². The van der Waals surface area contributed by atoms with Crippen LogP contribution in [0.2, 0.25) is 0 Å². The molecule has 2 heterocycles. The molecule has 0 spiro atoms. The van der Waals surface area contributed by atoms with Gasteiger partial charge in [-0.3, -0.25) is 28.8 Å². The topological polar surface area (TPSA) is 269 Å². The van der Waals surface area contributed by atoms with Gasteiger partial charge in [0.2, 0.25) is 0 Å². The van der Waals surface area contributed by atoms with Crippen molar-refractivity contribution in [1.29, 1.82) is 0 Å². The maximum absolute atomic E-state index is 16.5.